The maximum absolute atomic E-state index is 12.3. The third-order valence-electron chi connectivity index (χ3n) is 4.98. The first kappa shape index (κ1) is 22.3. The first-order valence-corrected chi connectivity index (χ1v) is 10.8. The van der Waals surface area contributed by atoms with Crippen molar-refractivity contribution < 1.29 is 18.7 Å². The number of carbonyl (C=O) groups excluding carboxylic acids is 2. The van der Waals surface area contributed by atoms with Crippen molar-refractivity contribution >= 4 is 40.5 Å². The Morgan fingerprint density at radius 1 is 1.06 bits per heavy atom. The van der Waals surface area contributed by atoms with Gasteiger partial charge in [0.15, 0.2) is 0 Å². The van der Waals surface area contributed by atoms with Crippen LogP contribution < -0.4 is 5.43 Å². The lowest BCUT2D eigenvalue weighted by atomic mass is 10.0. The van der Waals surface area contributed by atoms with Gasteiger partial charge in [0.05, 0.1) is 29.8 Å². The Kier molecular flexibility index (Phi) is 6.86. The van der Waals surface area contributed by atoms with E-state index in [0.29, 0.717) is 22.1 Å². The van der Waals surface area contributed by atoms with E-state index in [2.05, 4.69) is 10.5 Å². The van der Waals surface area contributed by atoms with Gasteiger partial charge < -0.3 is 9.15 Å². The molecule has 0 atom stereocenters. The minimum absolute atomic E-state index is 0.212. The molecule has 1 N–H and O–H groups in total. The number of halogens is 1. The quantitative estimate of drug-likeness (QED) is 0.220. The van der Waals surface area contributed by atoms with Gasteiger partial charge in [0.25, 0.3) is 0 Å². The molecular weight excluding hydrogens is 440 g/mol. The average Bonchev–Trinajstić information content (AvgIpc) is 3.29. The summed E-state index contributed by atoms with van der Waals surface area (Å²) in [5, 5.41) is 6.43. The molecule has 0 unspecified atom stereocenters. The molecule has 1 aromatic heterocycles. The lowest BCUT2D eigenvalue weighted by molar-refractivity contribution is -0.120. The largest absolute Gasteiger partial charge is 0.462 e. The molecule has 6 nitrogen and oxygen atoms in total. The number of nitrogens with zero attached hydrogens (tertiary/aromatic N) is 1. The summed E-state index contributed by atoms with van der Waals surface area (Å²) in [6, 6.07) is 22.3. The highest BCUT2D eigenvalue weighted by Crippen LogP contribution is 2.27. The third-order valence-corrected chi connectivity index (χ3v) is 5.31. The SMILES string of the molecule is CCOC(=O)c1cc(-c2ccc(/C=N\NC(=O)Cc3cccc4ccccc34)o2)ccc1Cl. The molecule has 7 heteroatoms. The molecule has 0 saturated carbocycles. The number of esters is 1. The predicted molar refractivity (Wildman–Crippen MR) is 128 cm³/mol. The van der Waals surface area contributed by atoms with Gasteiger partial charge in [-0.05, 0) is 53.6 Å². The number of rotatable bonds is 7. The third kappa shape index (κ3) is 5.30. The van der Waals surface area contributed by atoms with Crippen LogP contribution in [0.5, 0.6) is 0 Å². The summed E-state index contributed by atoms with van der Waals surface area (Å²) in [6.45, 7) is 1.99. The van der Waals surface area contributed by atoms with Crippen molar-refractivity contribution in [3.8, 4) is 11.3 Å². The first-order chi connectivity index (χ1) is 16.0. The Morgan fingerprint density at radius 3 is 2.73 bits per heavy atom. The highest BCUT2D eigenvalue weighted by atomic mass is 35.5. The van der Waals surface area contributed by atoms with Gasteiger partial charge in [-0.1, -0.05) is 54.1 Å². The zero-order valence-corrected chi connectivity index (χ0v) is 18.6. The maximum Gasteiger partial charge on any atom is 0.339 e. The number of hydrogen-bond acceptors (Lipinski definition) is 5. The van der Waals surface area contributed by atoms with Crippen LogP contribution >= 0.6 is 11.6 Å². The number of nitrogens with one attached hydrogen (secondary N) is 1. The Morgan fingerprint density at radius 2 is 1.88 bits per heavy atom. The molecular formula is C26H21ClN2O4. The molecule has 3 aromatic carbocycles. The van der Waals surface area contributed by atoms with Gasteiger partial charge in [0, 0.05) is 5.56 Å². The summed E-state index contributed by atoms with van der Waals surface area (Å²) in [5.74, 6) is 0.251. The fourth-order valence-corrected chi connectivity index (χ4v) is 3.64. The number of hydrogen-bond donors (Lipinski definition) is 1. The minimum Gasteiger partial charge on any atom is -0.462 e. The van der Waals surface area contributed by atoms with Gasteiger partial charge in [0.2, 0.25) is 5.91 Å². The van der Waals surface area contributed by atoms with Crippen LogP contribution in [0, 0.1) is 0 Å². The van der Waals surface area contributed by atoms with Crippen LogP contribution in [0.25, 0.3) is 22.1 Å². The second-order valence-electron chi connectivity index (χ2n) is 7.23. The summed E-state index contributed by atoms with van der Waals surface area (Å²) in [6.07, 6.45) is 1.64. The van der Waals surface area contributed by atoms with Crippen LogP contribution in [0.1, 0.15) is 28.6 Å². The van der Waals surface area contributed by atoms with E-state index in [4.69, 9.17) is 20.8 Å². The fraction of sp³-hybridized carbons (Fsp3) is 0.115. The van der Waals surface area contributed by atoms with E-state index >= 15 is 0 Å². The molecule has 1 amide bonds. The van der Waals surface area contributed by atoms with Crippen LogP contribution in [0.15, 0.2) is 82.3 Å². The summed E-state index contributed by atoms with van der Waals surface area (Å²) < 4.78 is 10.8. The van der Waals surface area contributed by atoms with Crippen LogP contribution in [0.2, 0.25) is 5.02 Å². The fourth-order valence-electron chi connectivity index (χ4n) is 3.45. The van der Waals surface area contributed by atoms with E-state index in [-0.39, 0.29) is 24.5 Å². The lowest BCUT2D eigenvalue weighted by Crippen LogP contribution is -2.19. The van der Waals surface area contributed by atoms with E-state index in [0.717, 1.165) is 16.3 Å². The van der Waals surface area contributed by atoms with Crippen LogP contribution in [0.4, 0.5) is 0 Å². The molecule has 0 aliphatic heterocycles. The van der Waals surface area contributed by atoms with Crippen molar-refractivity contribution in [3.05, 3.63) is 94.7 Å². The average molecular weight is 461 g/mol. The number of amides is 1. The topological polar surface area (TPSA) is 80.9 Å². The van der Waals surface area contributed by atoms with Gasteiger partial charge in [-0.25, -0.2) is 10.2 Å². The zero-order valence-electron chi connectivity index (χ0n) is 17.9. The standard InChI is InChI=1S/C26H21ClN2O4/c1-2-32-26(31)22-14-19(10-12-23(22)27)24-13-11-20(33-24)16-28-29-25(30)15-18-8-5-7-17-6-3-4-9-21(17)18/h3-14,16H,2,15H2,1H3,(H,29,30)/b28-16-. The Bertz CT molecular complexity index is 1340. The molecule has 33 heavy (non-hydrogen) atoms. The molecule has 0 spiro atoms. The molecule has 166 valence electrons. The maximum atomic E-state index is 12.3. The van der Waals surface area contributed by atoms with Gasteiger partial charge in [-0.3, -0.25) is 4.79 Å². The van der Waals surface area contributed by atoms with Crippen molar-refractivity contribution in [1.29, 1.82) is 0 Å². The van der Waals surface area contributed by atoms with Gasteiger partial charge in [-0.15, -0.1) is 0 Å². The van der Waals surface area contributed by atoms with Crippen molar-refractivity contribution in [2.45, 2.75) is 13.3 Å². The number of hydrazone groups is 1. The van der Waals surface area contributed by atoms with Crippen LogP contribution in [-0.2, 0) is 16.0 Å². The zero-order chi connectivity index (χ0) is 23.2. The Balaban J connectivity index is 1.41. The van der Waals surface area contributed by atoms with E-state index in [9.17, 15) is 9.59 Å². The molecule has 0 bridgehead atoms. The lowest BCUT2D eigenvalue weighted by Gasteiger charge is -2.06. The highest BCUT2D eigenvalue weighted by Gasteiger charge is 2.14. The first-order valence-electron chi connectivity index (χ1n) is 10.4. The Hall–Kier alpha value is -3.90. The van der Waals surface area contributed by atoms with Crippen LogP contribution in [0.3, 0.4) is 0 Å². The normalized spacial score (nSPS) is 11.1. The van der Waals surface area contributed by atoms with E-state index in [1.807, 2.05) is 42.5 Å². The molecule has 0 saturated heterocycles. The number of fused-ring (bicyclic) bond motifs is 1. The number of ether oxygens (including phenoxy) is 1. The molecule has 1 heterocycles. The monoisotopic (exact) mass is 460 g/mol. The number of benzene rings is 3. The predicted octanol–water partition coefficient (Wildman–Crippen LogP) is 5.62. The molecule has 0 aliphatic rings. The van der Waals surface area contributed by atoms with E-state index in [1.165, 1.54) is 6.21 Å². The summed E-state index contributed by atoms with van der Waals surface area (Å²) in [4.78, 5) is 24.4. The number of furan rings is 1. The van der Waals surface area contributed by atoms with Crippen molar-refractivity contribution in [3.63, 3.8) is 0 Å². The van der Waals surface area contributed by atoms with E-state index in [1.54, 1.807) is 37.3 Å². The van der Waals surface area contributed by atoms with Gasteiger partial charge >= 0.3 is 5.97 Å². The Labute approximate surface area is 195 Å². The van der Waals surface area contributed by atoms with Crippen molar-refractivity contribution in [1.82, 2.24) is 5.43 Å². The minimum atomic E-state index is -0.494. The van der Waals surface area contributed by atoms with Gasteiger partial charge in [0.1, 0.15) is 11.5 Å². The highest BCUT2D eigenvalue weighted by molar-refractivity contribution is 6.33. The second-order valence-corrected chi connectivity index (χ2v) is 7.63. The molecule has 0 radical (unpaired) electrons. The van der Waals surface area contributed by atoms with Gasteiger partial charge in [-0.2, -0.15) is 5.10 Å². The molecule has 0 fully saturated rings. The van der Waals surface area contributed by atoms with E-state index < -0.39 is 5.97 Å². The summed E-state index contributed by atoms with van der Waals surface area (Å²) >= 11 is 6.11. The van der Waals surface area contributed by atoms with Crippen molar-refractivity contribution in [2.24, 2.45) is 5.10 Å². The van der Waals surface area contributed by atoms with Crippen molar-refractivity contribution in [2.75, 3.05) is 6.61 Å². The smallest absolute Gasteiger partial charge is 0.339 e. The second kappa shape index (κ2) is 10.1. The molecule has 0 aliphatic carbocycles. The van der Waals surface area contributed by atoms with Crippen LogP contribution in [-0.4, -0.2) is 24.7 Å². The summed E-state index contributed by atoms with van der Waals surface area (Å²) in [7, 11) is 0. The molecule has 4 aromatic rings. The number of carbonyl (C=O) groups is 2. The summed E-state index contributed by atoms with van der Waals surface area (Å²) in [5.41, 5.74) is 4.40. The molecule has 4 rings (SSSR count).